The topological polar surface area (TPSA) is 422 Å². The van der Waals surface area contributed by atoms with Crippen molar-refractivity contribution in [2.24, 2.45) is 39.4 Å². The van der Waals surface area contributed by atoms with Gasteiger partial charge in [0.15, 0.2) is 5.96 Å². The second-order valence-corrected chi connectivity index (χ2v) is 20.8. The molecule has 1 rings (SSSR count). The Balaban J connectivity index is 3.39. The molecule has 450 valence electrons. The molecule has 1 heterocycles. The van der Waals surface area contributed by atoms with Crippen LogP contribution in [0.5, 0.6) is 0 Å². The highest BCUT2D eigenvalue weighted by molar-refractivity contribution is 5.97. The summed E-state index contributed by atoms with van der Waals surface area (Å²) >= 11 is 0. The van der Waals surface area contributed by atoms with Gasteiger partial charge in [-0.2, -0.15) is 0 Å². The Labute approximate surface area is 464 Å². The van der Waals surface area contributed by atoms with Gasteiger partial charge < -0.3 is 82.0 Å². The average Bonchev–Trinajstić information content (AvgIpc) is 3.41. The van der Waals surface area contributed by atoms with Crippen LogP contribution in [0.2, 0.25) is 0 Å². The number of guanidine groups is 1. The van der Waals surface area contributed by atoms with Gasteiger partial charge in [0.25, 0.3) is 0 Å². The molecule has 24 nitrogen and oxygen atoms in total. The number of amides is 8. The summed E-state index contributed by atoms with van der Waals surface area (Å²) < 4.78 is 0. The van der Waals surface area contributed by atoms with Crippen molar-refractivity contribution < 1.29 is 43.5 Å². The first-order chi connectivity index (χ1) is 37.6. The average molecular weight is 1110 g/mol. The van der Waals surface area contributed by atoms with Crippen molar-refractivity contribution in [2.45, 2.75) is 242 Å². The lowest BCUT2D eigenvalue weighted by Gasteiger charge is -2.28. The van der Waals surface area contributed by atoms with Crippen molar-refractivity contribution in [1.82, 2.24) is 42.5 Å². The molecule has 0 aromatic rings. The Morgan fingerprint density at radius 1 is 0.564 bits per heavy atom. The van der Waals surface area contributed by atoms with Crippen LogP contribution in [0.4, 0.5) is 0 Å². The molecule has 78 heavy (non-hydrogen) atoms. The van der Waals surface area contributed by atoms with Gasteiger partial charge in [-0.25, -0.2) is 0 Å². The zero-order valence-corrected chi connectivity index (χ0v) is 47.3. The van der Waals surface area contributed by atoms with Gasteiger partial charge in [-0.1, -0.05) is 77.6 Å². The first-order valence-electron chi connectivity index (χ1n) is 29.5. The minimum Gasteiger partial charge on any atom is -0.393 e. The number of carbonyl (C=O) groups excluding carboxylic acids is 8. The highest BCUT2D eigenvalue weighted by Gasteiger charge is 2.33. The summed E-state index contributed by atoms with van der Waals surface area (Å²) in [6.07, 6.45) is 18.0. The maximum Gasteiger partial charge on any atom is 0.243 e. The standard InChI is InChI=1S/C54H105N15O9/c1-2-3-4-5-6-7-8-9-10-11-12-24-39(70)37-46(71)63-38-47(72)64-41(30-23-36-62-54(59)60)49(74)66-45-29-17-22-35-61-48(73)40(25-13-18-31-55)65-50(75)42(26-14-19-32-56)67-51(76)43(27-15-20-33-57)68-52(77)44(69-53(45)78)28-16-21-34-58/h39-45,70H,2-38,55-58H2,1H3,(H,61,73)(H,63,71)(H,64,72)(H,65,75)(H,66,74)(H,67,76)(H,68,77)(H,69,78)(H4,59,60,62)/t39-,40+,41+,42-,43-,44+,45-/m1/s1. The van der Waals surface area contributed by atoms with Gasteiger partial charge in [0.2, 0.25) is 47.3 Å². The van der Waals surface area contributed by atoms with Crippen molar-refractivity contribution >= 4 is 53.2 Å². The molecular formula is C54H105N15O9. The summed E-state index contributed by atoms with van der Waals surface area (Å²) in [5.74, 6) is -5.21. The molecule has 1 fully saturated rings. The Morgan fingerprint density at radius 3 is 1.47 bits per heavy atom. The van der Waals surface area contributed by atoms with Gasteiger partial charge in [0.1, 0.15) is 36.3 Å². The number of hydrogen-bond donors (Lipinski definition) is 15. The predicted molar refractivity (Wildman–Crippen MR) is 305 cm³/mol. The lowest BCUT2D eigenvalue weighted by atomic mass is 10.0. The van der Waals surface area contributed by atoms with E-state index in [4.69, 9.17) is 34.4 Å². The number of rotatable bonds is 39. The Bertz CT molecular complexity index is 1740. The van der Waals surface area contributed by atoms with Crippen LogP contribution >= 0.6 is 0 Å². The van der Waals surface area contributed by atoms with E-state index >= 15 is 0 Å². The van der Waals surface area contributed by atoms with E-state index in [9.17, 15) is 43.5 Å². The molecule has 0 unspecified atom stereocenters. The lowest BCUT2D eigenvalue weighted by Crippen LogP contribution is -2.59. The third-order valence-corrected chi connectivity index (χ3v) is 13.8. The van der Waals surface area contributed by atoms with E-state index in [0.717, 1.165) is 25.7 Å². The van der Waals surface area contributed by atoms with Crippen LogP contribution in [0.15, 0.2) is 4.99 Å². The maximum atomic E-state index is 14.4. The van der Waals surface area contributed by atoms with Crippen LogP contribution in [-0.4, -0.2) is 146 Å². The monoisotopic (exact) mass is 1110 g/mol. The molecule has 0 saturated carbocycles. The maximum absolute atomic E-state index is 14.4. The Hall–Kier alpha value is -5.17. The van der Waals surface area contributed by atoms with Crippen LogP contribution in [0.1, 0.15) is 200 Å². The molecule has 0 aromatic carbocycles. The molecule has 0 aliphatic carbocycles. The van der Waals surface area contributed by atoms with Crippen molar-refractivity contribution in [3.63, 3.8) is 0 Å². The van der Waals surface area contributed by atoms with Crippen LogP contribution in [0.25, 0.3) is 0 Å². The van der Waals surface area contributed by atoms with Gasteiger partial charge in [-0.15, -0.1) is 0 Å². The molecule has 0 spiro atoms. The zero-order chi connectivity index (χ0) is 57.8. The molecule has 8 amide bonds. The van der Waals surface area contributed by atoms with Crippen LogP contribution < -0.4 is 76.9 Å². The Morgan fingerprint density at radius 2 is 1.01 bits per heavy atom. The minimum absolute atomic E-state index is 0.0228. The van der Waals surface area contributed by atoms with E-state index in [2.05, 4.69) is 54.5 Å². The number of carbonyl (C=O) groups is 8. The molecule has 21 N–H and O–H groups in total. The number of hydrogen-bond acceptors (Lipinski definition) is 14. The smallest absolute Gasteiger partial charge is 0.243 e. The van der Waals surface area contributed by atoms with Crippen LogP contribution in [0, 0.1) is 0 Å². The molecule has 0 aromatic heterocycles. The number of nitrogens with two attached hydrogens (primary N) is 6. The van der Waals surface area contributed by atoms with Gasteiger partial charge in [-0.05, 0) is 142 Å². The summed E-state index contributed by atoms with van der Waals surface area (Å²) in [5, 5.41) is 32.6. The molecule has 1 saturated heterocycles. The van der Waals surface area contributed by atoms with E-state index in [1.165, 1.54) is 44.9 Å². The minimum atomic E-state index is -1.26. The second kappa shape index (κ2) is 45.7. The van der Waals surface area contributed by atoms with Gasteiger partial charge in [0.05, 0.1) is 19.1 Å². The lowest BCUT2D eigenvalue weighted by molar-refractivity contribution is -0.135. The summed E-state index contributed by atoms with van der Waals surface area (Å²) in [4.78, 5) is 115. The van der Waals surface area contributed by atoms with Crippen molar-refractivity contribution in [3.8, 4) is 0 Å². The van der Waals surface area contributed by atoms with Crippen LogP contribution in [-0.2, 0) is 38.4 Å². The normalized spacial score (nSPS) is 19.8. The SMILES string of the molecule is CCCCCCCCCCCCC[C@@H](O)CC(=O)NCC(=O)N[C@@H](CCCN=C(N)N)C(=O)N[C@@H]1CCCCNC(=O)[C@H](CCCCN)NC(=O)[C@@H](CCCCN)NC(=O)[C@@H](CCCCN)NC(=O)[C@H](CCCCN)NC1=O. The number of aliphatic hydroxyl groups excluding tert-OH is 1. The molecule has 7 atom stereocenters. The quantitative estimate of drug-likeness (QED) is 0.0224. The number of nitrogens with one attached hydrogen (secondary N) is 8. The third-order valence-electron chi connectivity index (χ3n) is 13.8. The van der Waals surface area contributed by atoms with Gasteiger partial charge >= 0.3 is 0 Å². The van der Waals surface area contributed by atoms with E-state index in [1.54, 1.807) is 0 Å². The van der Waals surface area contributed by atoms with Gasteiger partial charge in [-0.3, -0.25) is 43.3 Å². The summed E-state index contributed by atoms with van der Waals surface area (Å²) in [7, 11) is 0. The summed E-state index contributed by atoms with van der Waals surface area (Å²) in [5.41, 5.74) is 34.2. The third kappa shape index (κ3) is 34.7. The van der Waals surface area contributed by atoms with Crippen molar-refractivity contribution in [3.05, 3.63) is 0 Å². The van der Waals surface area contributed by atoms with E-state index in [1.807, 2.05) is 0 Å². The van der Waals surface area contributed by atoms with Gasteiger partial charge in [0, 0.05) is 13.1 Å². The second-order valence-electron chi connectivity index (χ2n) is 20.8. The highest BCUT2D eigenvalue weighted by Crippen LogP contribution is 2.15. The summed E-state index contributed by atoms with van der Waals surface area (Å²) in [6, 6.07) is -6.87. The molecule has 1 aliphatic heterocycles. The number of aliphatic hydroxyl groups is 1. The molecule has 0 radical (unpaired) electrons. The molecule has 24 heteroatoms. The zero-order valence-electron chi connectivity index (χ0n) is 47.3. The Kier molecular flexibility index (Phi) is 41.5. The molecule has 0 bridgehead atoms. The van der Waals surface area contributed by atoms with Crippen molar-refractivity contribution in [2.75, 3.05) is 45.8 Å². The largest absolute Gasteiger partial charge is 0.393 e. The number of unbranched alkanes of at least 4 members (excludes halogenated alkanes) is 14. The summed E-state index contributed by atoms with van der Waals surface area (Å²) in [6.45, 7) is 3.35. The number of aliphatic imine (C=N–C) groups is 1. The first-order valence-corrected chi connectivity index (χ1v) is 29.5. The highest BCUT2D eigenvalue weighted by atomic mass is 16.3. The van der Waals surface area contributed by atoms with E-state index < -0.39 is 96.2 Å². The van der Waals surface area contributed by atoms with E-state index in [-0.39, 0.29) is 76.8 Å². The molecular weight excluding hydrogens is 1000 g/mol. The number of nitrogens with zero attached hydrogens (tertiary/aromatic N) is 1. The van der Waals surface area contributed by atoms with E-state index in [0.29, 0.717) is 90.4 Å². The predicted octanol–water partition coefficient (Wildman–Crippen LogP) is 0.333. The fourth-order valence-electron chi connectivity index (χ4n) is 9.11. The fraction of sp³-hybridized carbons (Fsp3) is 0.833. The van der Waals surface area contributed by atoms with Crippen LogP contribution in [0.3, 0.4) is 0 Å². The van der Waals surface area contributed by atoms with Crippen molar-refractivity contribution in [1.29, 1.82) is 0 Å². The fourth-order valence-corrected chi connectivity index (χ4v) is 9.11. The molecule has 1 aliphatic rings. The first kappa shape index (κ1) is 70.8.